The molecule has 0 unspecified atom stereocenters. The van der Waals surface area contributed by atoms with Gasteiger partial charge < -0.3 is 9.72 Å². The van der Waals surface area contributed by atoms with E-state index < -0.39 is 0 Å². The van der Waals surface area contributed by atoms with Crippen LogP contribution in [0, 0.1) is 12.7 Å². The Hall–Kier alpha value is -1.81. The van der Waals surface area contributed by atoms with Crippen molar-refractivity contribution in [1.82, 2.24) is 4.98 Å². The average molecular weight is 247 g/mol. The van der Waals surface area contributed by atoms with Crippen molar-refractivity contribution in [3.63, 3.8) is 0 Å². The van der Waals surface area contributed by atoms with Crippen LogP contribution in [-0.4, -0.2) is 4.98 Å². The van der Waals surface area contributed by atoms with Crippen molar-refractivity contribution >= 4 is 22.2 Å². The van der Waals surface area contributed by atoms with Crippen LogP contribution >= 0.6 is 11.3 Å². The van der Waals surface area contributed by atoms with Gasteiger partial charge in [-0.3, -0.25) is 0 Å². The molecule has 0 saturated heterocycles. The molecule has 0 aliphatic heterocycles. The molecule has 3 rings (SSSR count). The highest BCUT2D eigenvalue weighted by Crippen LogP contribution is 2.31. The second kappa shape index (κ2) is 3.89. The SMILES string of the molecule is Cc1cc2c(F)c(Oc3ccsc3)ccc2[nH]1. The molecule has 4 heteroatoms. The van der Waals surface area contributed by atoms with E-state index in [4.69, 9.17) is 4.74 Å². The van der Waals surface area contributed by atoms with Gasteiger partial charge in [0.1, 0.15) is 5.75 Å². The van der Waals surface area contributed by atoms with E-state index in [9.17, 15) is 4.39 Å². The molecule has 0 radical (unpaired) electrons. The lowest BCUT2D eigenvalue weighted by atomic mass is 10.2. The highest BCUT2D eigenvalue weighted by molar-refractivity contribution is 7.08. The van der Waals surface area contributed by atoms with Crippen molar-refractivity contribution in [3.8, 4) is 11.5 Å². The molecule has 17 heavy (non-hydrogen) atoms. The van der Waals surface area contributed by atoms with E-state index in [1.54, 1.807) is 12.1 Å². The first kappa shape index (κ1) is 10.4. The van der Waals surface area contributed by atoms with Gasteiger partial charge >= 0.3 is 0 Å². The van der Waals surface area contributed by atoms with Gasteiger partial charge in [0.25, 0.3) is 0 Å². The molecule has 0 fully saturated rings. The standard InChI is InChI=1S/C13H10FNOS/c1-8-6-10-11(15-8)2-3-12(13(10)14)16-9-4-5-17-7-9/h2-7,15H,1H3. The maximum absolute atomic E-state index is 14.1. The quantitative estimate of drug-likeness (QED) is 0.710. The van der Waals surface area contributed by atoms with Crippen LogP contribution in [0.3, 0.4) is 0 Å². The molecule has 0 aliphatic carbocycles. The van der Waals surface area contributed by atoms with Gasteiger partial charge in [0.2, 0.25) is 0 Å². The average Bonchev–Trinajstić information content (AvgIpc) is 2.91. The number of thiophene rings is 1. The fraction of sp³-hybridized carbons (Fsp3) is 0.0769. The number of aryl methyl sites for hydroxylation is 1. The van der Waals surface area contributed by atoms with Gasteiger partial charge in [-0.25, -0.2) is 4.39 Å². The Bertz CT molecular complexity index is 657. The van der Waals surface area contributed by atoms with Crippen LogP contribution in [0.4, 0.5) is 4.39 Å². The van der Waals surface area contributed by atoms with Gasteiger partial charge in [0.05, 0.1) is 0 Å². The van der Waals surface area contributed by atoms with Crippen LogP contribution < -0.4 is 4.74 Å². The fourth-order valence-electron chi connectivity index (χ4n) is 1.80. The first-order valence-corrected chi connectivity index (χ1v) is 6.16. The molecule has 0 atom stereocenters. The van der Waals surface area contributed by atoms with Gasteiger partial charge in [-0.1, -0.05) is 0 Å². The zero-order valence-electron chi connectivity index (χ0n) is 9.16. The van der Waals surface area contributed by atoms with E-state index in [1.807, 2.05) is 29.8 Å². The number of hydrogen-bond donors (Lipinski definition) is 1. The molecular formula is C13H10FNOS. The Morgan fingerprint density at radius 1 is 1.29 bits per heavy atom. The largest absolute Gasteiger partial charge is 0.453 e. The summed E-state index contributed by atoms with van der Waals surface area (Å²) in [7, 11) is 0. The number of aromatic amines is 1. The molecule has 0 amide bonds. The first-order valence-electron chi connectivity index (χ1n) is 5.22. The van der Waals surface area contributed by atoms with Crippen LogP contribution in [0.2, 0.25) is 0 Å². The minimum atomic E-state index is -0.321. The van der Waals surface area contributed by atoms with Gasteiger partial charge in [0, 0.05) is 22.0 Å². The molecule has 0 saturated carbocycles. The zero-order chi connectivity index (χ0) is 11.8. The number of halogens is 1. The molecule has 2 aromatic heterocycles. The number of rotatable bonds is 2. The summed E-state index contributed by atoms with van der Waals surface area (Å²) in [6.45, 7) is 1.90. The molecule has 3 aromatic rings. The highest BCUT2D eigenvalue weighted by atomic mass is 32.1. The Morgan fingerprint density at radius 2 is 2.18 bits per heavy atom. The van der Waals surface area contributed by atoms with Gasteiger partial charge in [-0.2, -0.15) is 0 Å². The lowest BCUT2D eigenvalue weighted by molar-refractivity contribution is 0.447. The first-order chi connectivity index (χ1) is 8.24. The number of ether oxygens (including phenoxy) is 1. The number of aromatic nitrogens is 1. The summed E-state index contributed by atoms with van der Waals surface area (Å²) in [5.74, 6) is 0.605. The molecule has 2 heterocycles. The van der Waals surface area contributed by atoms with E-state index in [-0.39, 0.29) is 11.6 Å². The van der Waals surface area contributed by atoms with Crippen LogP contribution in [0.15, 0.2) is 35.0 Å². The predicted molar refractivity (Wildman–Crippen MR) is 67.4 cm³/mol. The molecule has 0 aliphatic rings. The van der Waals surface area contributed by atoms with Crippen molar-refractivity contribution in [1.29, 1.82) is 0 Å². The number of benzene rings is 1. The topological polar surface area (TPSA) is 25.0 Å². The van der Waals surface area contributed by atoms with E-state index in [0.29, 0.717) is 11.1 Å². The highest BCUT2D eigenvalue weighted by Gasteiger charge is 2.11. The predicted octanol–water partition coefficient (Wildman–Crippen LogP) is 4.47. The second-order valence-corrected chi connectivity index (χ2v) is 4.63. The molecule has 2 nitrogen and oxygen atoms in total. The van der Waals surface area contributed by atoms with Crippen LogP contribution in [-0.2, 0) is 0 Å². The third-order valence-corrected chi connectivity index (χ3v) is 3.22. The Balaban J connectivity index is 2.08. The summed E-state index contributed by atoms with van der Waals surface area (Å²) in [6.07, 6.45) is 0. The summed E-state index contributed by atoms with van der Waals surface area (Å²) in [4.78, 5) is 3.09. The fourth-order valence-corrected chi connectivity index (χ4v) is 2.36. The van der Waals surface area contributed by atoms with E-state index in [0.717, 1.165) is 11.2 Å². The van der Waals surface area contributed by atoms with E-state index in [1.165, 1.54) is 11.3 Å². The van der Waals surface area contributed by atoms with Crippen molar-refractivity contribution in [2.24, 2.45) is 0 Å². The Labute approximate surface area is 102 Å². The number of fused-ring (bicyclic) bond motifs is 1. The van der Waals surface area contributed by atoms with Crippen molar-refractivity contribution in [3.05, 3.63) is 46.5 Å². The van der Waals surface area contributed by atoms with Gasteiger partial charge in [-0.15, -0.1) is 11.3 Å². The number of hydrogen-bond acceptors (Lipinski definition) is 2. The monoisotopic (exact) mass is 247 g/mol. The van der Waals surface area contributed by atoms with Crippen molar-refractivity contribution in [2.75, 3.05) is 0 Å². The molecule has 86 valence electrons. The number of nitrogens with one attached hydrogen (secondary N) is 1. The summed E-state index contributed by atoms with van der Waals surface area (Å²) < 4.78 is 19.6. The zero-order valence-corrected chi connectivity index (χ0v) is 9.98. The normalized spacial score (nSPS) is 10.9. The third-order valence-electron chi connectivity index (χ3n) is 2.56. The summed E-state index contributed by atoms with van der Waals surface area (Å²) in [5, 5.41) is 4.30. The maximum atomic E-state index is 14.1. The lowest BCUT2D eigenvalue weighted by Gasteiger charge is -2.04. The maximum Gasteiger partial charge on any atom is 0.175 e. The molecule has 1 aromatic carbocycles. The van der Waals surface area contributed by atoms with Crippen LogP contribution in [0.5, 0.6) is 11.5 Å². The third kappa shape index (κ3) is 1.80. The lowest BCUT2D eigenvalue weighted by Crippen LogP contribution is -1.87. The summed E-state index contributed by atoms with van der Waals surface area (Å²) in [5.41, 5.74) is 1.73. The van der Waals surface area contributed by atoms with Gasteiger partial charge in [-0.05, 0) is 36.6 Å². The second-order valence-electron chi connectivity index (χ2n) is 3.85. The molecule has 0 spiro atoms. The number of H-pyrrole nitrogens is 1. The van der Waals surface area contributed by atoms with Crippen molar-refractivity contribution in [2.45, 2.75) is 6.92 Å². The molecule has 1 N–H and O–H groups in total. The van der Waals surface area contributed by atoms with Gasteiger partial charge in [0.15, 0.2) is 11.6 Å². The van der Waals surface area contributed by atoms with E-state index >= 15 is 0 Å². The smallest absolute Gasteiger partial charge is 0.175 e. The summed E-state index contributed by atoms with van der Waals surface area (Å²) in [6, 6.07) is 7.07. The Morgan fingerprint density at radius 3 is 2.94 bits per heavy atom. The minimum Gasteiger partial charge on any atom is -0.453 e. The Kier molecular flexibility index (Phi) is 2.37. The van der Waals surface area contributed by atoms with E-state index in [2.05, 4.69) is 4.98 Å². The minimum absolute atomic E-state index is 0.259. The van der Waals surface area contributed by atoms with Crippen LogP contribution in [0.1, 0.15) is 5.69 Å². The molecular weight excluding hydrogens is 237 g/mol. The van der Waals surface area contributed by atoms with Crippen molar-refractivity contribution < 1.29 is 9.13 Å². The molecule has 0 bridgehead atoms. The van der Waals surface area contributed by atoms with Crippen LogP contribution in [0.25, 0.3) is 10.9 Å². The summed E-state index contributed by atoms with van der Waals surface area (Å²) >= 11 is 1.52.